The normalized spacial score (nSPS) is 15.9. The Kier molecular flexibility index (Phi) is 30.4. The van der Waals surface area contributed by atoms with Crippen LogP contribution in [0.4, 0.5) is 0 Å². The topological polar surface area (TPSA) is 77.8 Å². The zero-order valence-electron chi connectivity index (χ0n) is 32.6. The molecule has 0 rings (SSSR count). The molecule has 0 aromatic rings. The standard InChI is InChI=1S/C10H22O.2C10H20O.C10H18O/c4*1-7(2)6-9(5)10(11)8(3)4/h7-11H,6H2,1-5H3;2*7,9-11H,3,6H2,1-2,4-5H3;7,9H,3,6H2,1-2,4-5H3/t9-,10?;9-,10+;9-,10-;9-/m0000/s1. The smallest absolute Gasteiger partial charge is 0.160 e. The van der Waals surface area contributed by atoms with E-state index in [-0.39, 0.29) is 30.0 Å². The number of rotatable bonds is 16. The molecular weight excluding hydrogens is 544 g/mol. The van der Waals surface area contributed by atoms with Gasteiger partial charge < -0.3 is 15.3 Å². The number of carbonyl (C=O) groups excluding carboxylic acids is 1. The lowest BCUT2D eigenvalue weighted by molar-refractivity contribution is -0.119. The highest BCUT2D eigenvalue weighted by Crippen LogP contribution is 2.21. The van der Waals surface area contributed by atoms with Crippen LogP contribution < -0.4 is 0 Å². The van der Waals surface area contributed by atoms with E-state index in [0.717, 1.165) is 36.8 Å². The van der Waals surface area contributed by atoms with Crippen molar-refractivity contribution in [2.45, 2.75) is 162 Å². The van der Waals surface area contributed by atoms with E-state index >= 15 is 0 Å². The molecule has 0 radical (unpaired) electrons. The molecule has 264 valence electrons. The summed E-state index contributed by atoms with van der Waals surface area (Å²) in [5.41, 5.74) is 2.43. The summed E-state index contributed by atoms with van der Waals surface area (Å²) in [5, 5.41) is 28.7. The highest BCUT2D eigenvalue weighted by molar-refractivity contribution is 5.95. The largest absolute Gasteiger partial charge is 0.393 e. The van der Waals surface area contributed by atoms with Gasteiger partial charge in [0.05, 0.1) is 18.3 Å². The number of hydrogen-bond donors (Lipinski definition) is 3. The van der Waals surface area contributed by atoms with Gasteiger partial charge in [-0.2, -0.15) is 0 Å². The molecule has 0 heterocycles. The van der Waals surface area contributed by atoms with Gasteiger partial charge in [0.2, 0.25) is 0 Å². The predicted molar refractivity (Wildman–Crippen MR) is 197 cm³/mol. The van der Waals surface area contributed by atoms with Crippen LogP contribution in [0.2, 0.25) is 0 Å². The Bertz CT molecular complexity index is 729. The van der Waals surface area contributed by atoms with Crippen molar-refractivity contribution in [1.29, 1.82) is 0 Å². The van der Waals surface area contributed by atoms with E-state index in [1.54, 1.807) is 6.92 Å². The molecule has 0 saturated carbocycles. The van der Waals surface area contributed by atoms with E-state index in [4.69, 9.17) is 0 Å². The van der Waals surface area contributed by atoms with E-state index < -0.39 is 0 Å². The van der Waals surface area contributed by atoms with Crippen molar-refractivity contribution in [2.24, 2.45) is 53.3 Å². The molecule has 3 N–H and O–H groups in total. The van der Waals surface area contributed by atoms with E-state index in [0.29, 0.717) is 52.9 Å². The number of hydrogen-bond acceptors (Lipinski definition) is 4. The van der Waals surface area contributed by atoms with Crippen LogP contribution in [0.3, 0.4) is 0 Å². The van der Waals surface area contributed by atoms with Gasteiger partial charge in [-0.3, -0.25) is 4.79 Å². The minimum Gasteiger partial charge on any atom is -0.393 e. The van der Waals surface area contributed by atoms with Gasteiger partial charge in [-0.05, 0) is 99.4 Å². The van der Waals surface area contributed by atoms with Crippen LogP contribution in [0.25, 0.3) is 0 Å². The van der Waals surface area contributed by atoms with Crippen molar-refractivity contribution in [2.75, 3.05) is 0 Å². The highest BCUT2D eigenvalue weighted by atomic mass is 16.3. The van der Waals surface area contributed by atoms with Crippen LogP contribution in [0.5, 0.6) is 0 Å². The Morgan fingerprint density at radius 2 is 0.773 bits per heavy atom. The highest BCUT2D eigenvalue weighted by Gasteiger charge is 2.19. The van der Waals surface area contributed by atoms with Gasteiger partial charge >= 0.3 is 0 Å². The Morgan fingerprint density at radius 3 is 0.977 bits per heavy atom. The zero-order valence-corrected chi connectivity index (χ0v) is 32.6. The Balaban J connectivity index is -0.000000242. The van der Waals surface area contributed by atoms with Gasteiger partial charge in [0, 0.05) is 5.92 Å². The second-order valence-corrected chi connectivity index (χ2v) is 15.8. The molecule has 0 fully saturated rings. The van der Waals surface area contributed by atoms with Gasteiger partial charge in [0.15, 0.2) is 5.78 Å². The van der Waals surface area contributed by atoms with Gasteiger partial charge in [0.1, 0.15) is 0 Å². The molecule has 0 spiro atoms. The maximum Gasteiger partial charge on any atom is 0.160 e. The molecule has 4 heteroatoms. The summed E-state index contributed by atoms with van der Waals surface area (Å²) in [5.74, 6) is 4.45. The molecule has 1 unspecified atom stereocenters. The van der Waals surface area contributed by atoms with Gasteiger partial charge in [-0.15, -0.1) is 0 Å². The van der Waals surface area contributed by atoms with Crippen molar-refractivity contribution < 1.29 is 20.1 Å². The molecule has 44 heavy (non-hydrogen) atoms. The molecule has 4 nitrogen and oxygen atoms in total. The van der Waals surface area contributed by atoms with Crippen LogP contribution in [-0.4, -0.2) is 39.4 Å². The second-order valence-electron chi connectivity index (χ2n) is 15.8. The zero-order chi connectivity index (χ0) is 36.1. The van der Waals surface area contributed by atoms with Crippen LogP contribution in [0.15, 0.2) is 36.5 Å². The summed E-state index contributed by atoms with van der Waals surface area (Å²) in [4.78, 5) is 11.3. The molecule has 0 aromatic carbocycles. The third-order valence-corrected chi connectivity index (χ3v) is 7.58. The molecule has 7 atom stereocenters. The molecule has 0 bridgehead atoms. The van der Waals surface area contributed by atoms with Crippen molar-refractivity contribution in [3.8, 4) is 0 Å². The molecule has 0 aromatic heterocycles. The number of aliphatic hydroxyl groups excluding tert-OH is 3. The summed E-state index contributed by atoms with van der Waals surface area (Å²) in [7, 11) is 0. The van der Waals surface area contributed by atoms with E-state index in [1.807, 2.05) is 20.8 Å². The van der Waals surface area contributed by atoms with Crippen molar-refractivity contribution >= 4 is 5.78 Å². The van der Waals surface area contributed by atoms with Gasteiger partial charge in [0.25, 0.3) is 0 Å². The number of ketones is 1. The predicted octanol–water partition coefficient (Wildman–Crippen LogP) is 10.7. The molecule has 0 aliphatic heterocycles. The maximum atomic E-state index is 11.3. The van der Waals surface area contributed by atoms with Crippen molar-refractivity contribution in [1.82, 2.24) is 0 Å². The van der Waals surface area contributed by atoms with Crippen LogP contribution >= 0.6 is 0 Å². The first-order chi connectivity index (χ1) is 19.8. The summed E-state index contributed by atoms with van der Waals surface area (Å²) in [6.45, 7) is 46.3. The number of Topliss-reactive ketones (excluding diaryl/α,β-unsaturated/α-hetero) is 1. The second kappa shape index (κ2) is 26.9. The fraction of sp³-hybridized carbons (Fsp3) is 0.825. The molecule has 0 amide bonds. The molecular formula is C40H80O4. The Hall–Kier alpha value is -1.23. The average Bonchev–Trinajstić information content (AvgIpc) is 2.85. The lowest BCUT2D eigenvalue weighted by Crippen LogP contribution is -2.24. The number of carbonyl (C=O) groups is 1. The van der Waals surface area contributed by atoms with Gasteiger partial charge in [-0.25, -0.2) is 0 Å². The van der Waals surface area contributed by atoms with Crippen molar-refractivity contribution in [3.63, 3.8) is 0 Å². The Labute approximate surface area is 276 Å². The van der Waals surface area contributed by atoms with Crippen molar-refractivity contribution in [3.05, 3.63) is 36.5 Å². The van der Waals surface area contributed by atoms with Crippen LogP contribution in [0.1, 0.15) is 143 Å². The summed E-state index contributed by atoms with van der Waals surface area (Å²) < 4.78 is 0. The lowest BCUT2D eigenvalue weighted by Gasteiger charge is -2.23. The monoisotopic (exact) mass is 625 g/mol. The van der Waals surface area contributed by atoms with Crippen LogP contribution in [-0.2, 0) is 4.79 Å². The third-order valence-electron chi connectivity index (χ3n) is 7.58. The molecule has 0 saturated heterocycles. The maximum absolute atomic E-state index is 11.3. The average molecular weight is 625 g/mol. The van der Waals surface area contributed by atoms with E-state index in [9.17, 15) is 20.1 Å². The first kappa shape index (κ1) is 49.6. The first-order valence-electron chi connectivity index (χ1n) is 17.3. The molecule has 0 aliphatic carbocycles. The number of aliphatic hydroxyl groups is 3. The minimum atomic E-state index is -0.322. The lowest BCUT2D eigenvalue weighted by atomic mass is 9.88. The van der Waals surface area contributed by atoms with Crippen LogP contribution in [0, 0.1) is 53.3 Å². The first-order valence-corrected chi connectivity index (χ1v) is 17.3. The fourth-order valence-electron chi connectivity index (χ4n) is 5.49. The summed E-state index contributed by atoms with van der Waals surface area (Å²) in [6, 6.07) is 0. The third kappa shape index (κ3) is 29.5. The summed E-state index contributed by atoms with van der Waals surface area (Å²) in [6.07, 6.45) is 3.44. The minimum absolute atomic E-state index is 0.127. The fourth-order valence-corrected chi connectivity index (χ4v) is 5.49. The summed E-state index contributed by atoms with van der Waals surface area (Å²) >= 11 is 0. The SMILES string of the molecule is C=C(C)C(=O)[C@@H](C)CC(C)C.C=C(C)[C@@H](O)[C@@H](C)CC(C)C.C=C(C)[C@H](O)[C@@H](C)CC(C)C.CC(C)C[C@H](C)C(O)C(C)C. The quantitative estimate of drug-likeness (QED) is 0.118. The Morgan fingerprint density at radius 1 is 0.500 bits per heavy atom. The number of allylic oxidation sites excluding steroid dienone is 1. The van der Waals surface area contributed by atoms with E-state index in [1.165, 1.54) is 0 Å². The van der Waals surface area contributed by atoms with Gasteiger partial charge in [-0.1, -0.05) is 128 Å². The van der Waals surface area contributed by atoms with E-state index in [2.05, 4.69) is 110 Å². The molecule has 0 aliphatic rings.